The first-order chi connectivity index (χ1) is 20.7. The Morgan fingerprint density at radius 2 is 1.63 bits per heavy atom. The Labute approximate surface area is 253 Å². The standard InChI is InChI=1S/C35H42N4O4/c1-7-22-18(3)26-13-27-20(5)24-9-11-34(40)42-17-43-35(41)12-10-25-21(6)29(39-33(25)16-32(24)38-27)15-31-23(8-2)19(4)28(37-31)14-30(22)36-26/h13-15,25,32-33,36,39H,7-12,16-17H2,1-6H3/b26-13?,30-14-,31-15-. The average Bonchev–Trinajstić information content (AvgIpc) is 3.63. The van der Waals surface area contributed by atoms with Crippen molar-refractivity contribution in [2.75, 3.05) is 6.79 Å². The van der Waals surface area contributed by atoms with Crippen LogP contribution < -0.4 is 16.0 Å². The molecule has 0 spiro atoms. The van der Waals surface area contributed by atoms with Crippen molar-refractivity contribution in [1.29, 1.82) is 0 Å². The number of hydrogen-bond donors (Lipinski definition) is 2. The normalized spacial score (nSPS) is 28.0. The largest absolute Gasteiger partial charge is 0.428 e. The summed E-state index contributed by atoms with van der Waals surface area (Å²) in [6.07, 6.45) is 10.8. The van der Waals surface area contributed by atoms with Gasteiger partial charge >= 0.3 is 11.9 Å². The zero-order chi connectivity index (χ0) is 30.4. The van der Waals surface area contributed by atoms with Gasteiger partial charge in [-0.25, -0.2) is 4.99 Å². The van der Waals surface area contributed by atoms with Gasteiger partial charge in [0, 0.05) is 41.2 Å². The Kier molecular flexibility index (Phi) is 7.88. The molecule has 8 bridgehead atoms. The van der Waals surface area contributed by atoms with Gasteiger partial charge in [-0.3, -0.25) is 14.6 Å². The number of nitrogens with one attached hydrogen (secondary N) is 2. The maximum Gasteiger partial charge on any atom is 0.308 e. The molecule has 2 N–H and O–H groups in total. The highest BCUT2D eigenvalue weighted by atomic mass is 16.7. The van der Waals surface area contributed by atoms with E-state index in [1.54, 1.807) is 0 Å². The van der Waals surface area contributed by atoms with Gasteiger partial charge < -0.3 is 19.8 Å². The molecule has 1 aromatic rings. The van der Waals surface area contributed by atoms with Crippen LogP contribution in [0.15, 0.2) is 55.3 Å². The molecule has 1 fully saturated rings. The summed E-state index contributed by atoms with van der Waals surface area (Å²) in [4.78, 5) is 39.2. The fourth-order valence-electron chi connectivity index (χ4n) is 7.37. The Morgan fingerprint density at radius 3 is 2.37 bits per heavy atom. The van der Waals surface area contributed by atoms with Gasteiger partial charge in [0.2, 0.25) is 6.79 Å². The van der Waals surface area contributed by atoms with Crippen LogP contribution in [-0.2, 0) is 25.5 Å². The highest BCUT2D eigenvalue weighted by molar-refractivity contribution is 6.23. The number of nitrogens with zero attached hydrogens (tertiary/aromatic N) is 2. The van der Waals surface area contributed by atoms with Crippen molar-refractivity contribution in [3.63, 3.8) is 0 Å². The second kappa shape index (κ2) is 11.6. The second-order valence-corrected chi connectivity index (χ2v) is 12.2. The summed E-state index contributed by atoms with van der Waals surface area (Å²) < 4.78 is 10.5. The number of aromatic amines is 1. The summed E-state index contributed by atoms with van der Waals surface area (Å²) in [7, 11) is 0. The lowest BCUT2D eigenvalue weighted by molar-refractivity contribution is -0.167. The first kappa shape index (κ1) is 29.1. The molecule has 0 aromatic carbocycles. The third-order valence-electron chi connectivity index (χ3n) is 9.93. The molecule has 0 radical (unpaired) electrons. The molecule has 43 heavy (non-hydrogen) atoms. The molecule has 8 heteroatoms. The van der Waals surface area contributed by atoms with Crippen LogP contribution in [0.2, 0.25) is 0 Å². The van der Waals surface area contributed by atoms with E-state index in [9.17, 15) is 9.59 Å². The summed E-state index contributed by atoms with van der Waals surface area (Å²) in [5.41, 5.74) is 12.5. The molecule has 1 saturated heterocycles. The third kappa shape index (κ3) is 5.36. The van der Waals surface area contributed by atoms with E-state index < -0.39 is 0 Å². The minimum atomic E-state index is -0.373. The number of H-pyrrole nitrogens is 1. The van der Waals surface area contributed by atoms with Crippen molar-refractivity contribution < 1.29 is 19.1 Å². The maximum absolute atomic E-state index is 12.5. The van der Waals surface area contributed by atoms with E-state index in [0.717, 1.165) is 58.4 Å². The fraction of sp³-hybridized carbons (Fsp3) is 0.486. The molecule has 1 aromatic heterocycles. The van der Waals surface area contributed by atoms with Crippen molar-refractivity contribution in [2.24, 2.45) is 15.9 Å². The van der Waals surface area contributed by atoms with Gasteiger partial charge in [-0.1, -0.05) is 13.8 Å². The number of fused-ring (bicyclic) bond motifs is 4. The zero-order valence-electron chi connectivity index (χ0n) is 26.1. The number of esters is 2. The minimum Gasteiger partial charge on any atom is -0.428 e. The molecule has 8 nitrogen and oxygen atoms in total. The van der Waals surface area contributed by atoms with Crippen molar-refractivity contribution in [2.45, 2.75) is 98.6 Å². The summed E-state index contributed by atoms with van der Waals surface area (Å²) >= 11 is 0. The molecule has 3 atom stereocenters. The second-order valence-electron chi connectivity index (χ2n) is 12.2. The maximum atomic E-state index is 12.5. The molecule has 5 aliphatic heterocycles. The van der Waals surface area contributed by atoms with Crippen LogP contribution in [0.1, 0.15) is 84.3 Å². The fourth-order valence-corrected chi connectivity index (χ4v) is 7.37. The van der Waals surface area contributed by atoms with Crippen LogP contribution in [0, 0.1) is 12.8 Å². The van der Waals surface area contributed by atoms with Gasteiger partial charge in [-0.15, -0.1) is 0 Å². The van der Waals surface area contributed by atoms with Gasteiger partial charge in [-0.2, -0.15) is 0 Å². The van der Waals surface area contributed by atoms with Crippen LogP contribution in [0.3, 0.4) is 0 Å². The molecule has 0 amide bonds. The molecule has 226 valence electrons. The number of aliphatic imine (C=N–C) groups is 2. The first-order valence-corrected chi connectivity index (χ1v) is 15.7. The molecular weight excluding hydrogens is 540 g/mol. The average molecular weight is 583 g/mol. The van der Waals surface area contributed by atoms with Gasteiger partial charge in [0.1, 0.15) is 0 Å². The lowest BCUT2D eigenvalue weighted by Crippen LogP contribution is -2.33. The Morgan fingerprint density at radius 1 is 0.884 bits per heavy atom. The first-order valence-electron chi connectivity index (χ1n) is 15.7. The SMILES string of the molecule is CCC1=C(C)C2=NC/1=C\C1=C(C)C3CCC(=O)OCOC(=O)CCC4=C(C)C(=NC4CC3N1)C=c1[nH]/c(c(CC)c1C)=C\2. The molecule has 5 aliphatic rings. The minimum absolute atomic E-state index is 0.0713. The Hall–Kier alpha value is -3.94. The van der Waals surface area contributed by atoms with Gasteiger partial charge in [-0.05, 0) is 117 Å². The molecule has 0 aliphatic carbocycles. The number of aromatic nitrogens is 1. The smallest absolute Gasteiger partial charge is 0.308 e. The number of carbonyl (C=O) groups is 2. The summed E-state index contributed by atoms with van der Waals surface area (Å²) in [6.45, 7) is 12.7. The molecule has 6 rings (SSSR count). The van der Waals surface area contributed by atoms with Gasteiger partial charge in [0.15, 0.2) is 0 Å². The van der Waals surface area contributed by atoms with Crippen molar-refractivity contribution in [1.82, 2.24) is 10.3 Å². The van der Waals surface area contributed by atoms with E-state index in [4.69, 9.17) is 19.5 Å². The number of hydrogen-bond acceptors (Lipinski definition) is 7. The summed E-state index contributed by atoms with van der Waals surface area (Å²) in [5, 5.41) is 5.97. The molecule has 3 unspecified atom stereocenters. The predicted molar refractivity (Wildman–Crippen MR) is 169 cm³/mol. The van der Waals surface area contributed by atoms with Crippen LogP contribution in [-0.4, -0.2) is 47.2 Å². The number of cyclic esters (lactones) is 2. The summed E-state index contributed by atoms with van der Waals surface area (Å²) in [6, 6.07) is 0.00785. The van der Waals surface area contributed by atoms with E-state index in [1.807, 2.05) is 0 Å². The third-order valence-corrected chi connectivity index (χ3v) is 9.93. The molecule has 0 saturated carbocycles. The Balaban J connectivity index is 1.56. The van der Waals surface area contributed by atoms with Gasteiger partial charge in [0.05, 0.1) is 23.2 Å². The van der Waals surface area contributed by atoms with Crippen LogP contribution in [0.5, 0.6) is 0 Å². The number of rotatable bonds is 2. The van der Waals surface area contributed by atoms with Crippen molar-refractivity contribution >= 4 is 35.5 Å². The highest BCUT2D eigenvalue weighted by Gasteiger charge is 2.37. The van der Waals surface area contributed by atoms with Crippen molar-refractivity contribution in [3.05, 3.63) is 67.2 Å². The van der Waals surface area contributed by atoms with Crippen molar-refractivity contribution in [3.8, 4) is 0 Å². The lowest BCUT2D eigenvalue weighted by Gasteiger charge is -2.25. The topological polar surface area (TPSA) is 105 Å². The van der Waals surface area contributed by atoms with Gasteiger partial charge in [0.25, 0.3) is 0 Å². The van der Waals surface area contributed by atoms with Crippen LogP contribution >= 0.6 is 0 Å². The van der Waals surface area contributed by atoms with E-state index >= 15 is 0 Å². The number of allylic oxidation sites excluding steroid dienone is 4. The van der Waals surface area contributed by atoms with E-state index in [-0.39, 0.29) is 49.6 Å². The highest BCUT2D eigenvalue weighted by Crippen LogP contribution is 2.39. The quantitative estimate of drug-likeness (QED) is 0.499. The molecule has 6 heterocycles. The van der Waals surface area contributed by atoms with Crippen LogP contribution in [0.4, 0.5) is 0 Å². The summed E-state index contributed by atoms with van der Waals surface area (Å²) in [5.74, 6) is -0.590. The predicted octanol–water partition coefficient (Wildman–Crippen LogP) is 4.53. The number of carbonyl (C=O) groups excluding carboxylic acids is 2. The zero-order valence-corrected chi connectivity index (χ0v) is 26.1. The van der Waals surface area contributed by atoms with Crippen LogP contribution in [0.25, 0.3) is 12.2 Å². The number of ether oxygens (including phenoxy) is 2. The Bertz CT molecular complexity index is 1710. The van der Waals surface area contributed by atoms with E-state index in [2.05, 4.69) is 70.1 Å². The lowest BCUT2D eigenvalue weighted by atomic mass is 9.85. The molecular formula is C35H42N4O4. The van der Waals surface area contributed by atoms with E-state index in [1.165, 1.54) is 33.4 Å². The van der Waals surface area contributed by atoms with E-state index in [0.29, 0.717) is 12.8 Å². The monoisotopic (exact) mass is 582 g/mol.